The third-order valence-corrected chi connectivity index (χ3v) is 5.51. The number of anilines is 1. The number of para-hydroxylation sites is 1. The molecule has 0 saturated carbocycles. The molecule has 0 radical (unpaired) electrons. The number of carbonyl (C=O) groups is 1. The smallest absolute Gasteiger partial charge is 0.257 e. The molecule has 0 aliphatic carbocycles. The molecule has 1 aromatic heterocycles. The van der Waals surface area contributed by atoms with Crippen molar-refractivity contribution in [3.63, 3.8) is 0 Å². The highest BCUT2D eigenvalue weighted by atomic mass is 19.1. The summed E-state index contributed by atoms with van der Waals surface area (Å²) < 4.78 is 24.7. The van der Waals surface area contributed by atoms with Crippen molar-refractivity contribution in [1.82, 2.24) is 15.3 Å². The van der Waals surface area contributed by atoms with Crippen molar-refractivity contribution < 1.29 is 18.7 Å². The van der Waals surface area contributed by atoms with Crippen LogP contribution in [0.3, 0.4) is 0 Å². The number of ether oxygens (including phenoxy) is 2. The van der Waals surface area contributed by atoms with Crippen molar-refractivity contribution in [2.24, 2.45) is 5.92 Å². The van der Waals surface area contributed by atoms with Gasteiger partial charge in [-0.2, -0.15) is 0 Å². The Balaban J connectivity index is 1.20. The molecule has 30 heavy (non-hydrogen) atoms. The molecule has 2 aromatic rings. The first-order chi connectivity index (χ1) is 14.4. The molecule has 160 valence electrons. The van der Waals surface area contributed by atoms with E-state index in [1.807, 2.05) is 36.9 Å². The summed E-state index contributed by atoms with van der Waals surface area (Å²) >= 11 is 0. The molecule has 1 fully saturated rings. The number of fused-ring (bicyclic) bond motifs is 1. The number of hydrogen-bond acceptors (Lipinski definition) is 6. The van der Waals surface area contributed by atoms with Crippen molar-refractivity contribution in [3.05, 3.63) is 42.0 Å². The first kappa shape index (κ1) is 20.4. The van der Waals surface area contributed by atoms with Crippen LogP contribution >= 0.6 is 0 Å². The number of amides is 1. The van der Waals surface area contributed by atoms with Crippen molar-refractivity contribution in [3.8, 4) is 11.5 Å². The maximum atomic E-state index is 13.0. The van der Waals surface area contributed by atoms with Crippen LogP contribution in [0.2, 0.25) is 0 Å². The molecule has 7 nitrogen and oxygen atoms in total. The molecule has 1 amide bonds. The summed E-state index contributed by atoms with van der Waals surface area (Å²) in [5, 5.41) is 2.96. The number of hydrogen-bond donors (Lipinski definition) is 1. The summed E-state index contributed by atoms with van der Waals surface area (Å²) in [4.78, 5) is 22.4. The van der Waals surface area contributed by atoms with E-state index in [4.69, 9.17) is 9.47 Å². The number of piperidine rings is 1. The molecular formula is C22H27FN4O3. The summed E-state index contributed by atoms with van der Waals surface area (Å²) in [6.45, 7) is 6.21. The molecule has 1 saturated heterocycles. The van der Waals surface area contributed by atoms with E-state index in [1.54, 1.807) is 0 Å². The lowest BCUT2D eigenvalue weighted by atomic mass is 9.97. The van der Waals surface area contributed by atoms with Gasteiger partial charge in [0.15, 0.2) is 23.9 Å². The molecule has 8 heteroatoms. The maximum absolute atomic E-state index is 13.0. The van der Waals surface area contributed by atoms with Gasteiger partial charge in [0.1, 0.15) is 5.60 Å². The van der Waals surface area contributed by atoms with Gasteiger partial charge in [-0.15, -0.1) is 0 Å². The van der Waals surface area contributed by atoms with Gasteiger partial charge in [0.05, 0.1) is 12.4 Å². The Labute approximate surface area is 175 Å². The van der Waals surface area contributed by atoms with E-state index in [1.165, 1.54) is 12.4 Å². The molecule has 2 aliphatic heterocycles. The van der Waals surface area contributed by atoms with Crippen molar-refractivity contribution in [1.29, 1.82) is 0 Å². The fourth-order valence-electron chi connectivity index (χ4n) is 3.96. The van der Waals surface area contributed by atoms with Gasteiger partial charge in [0.25, 0.3) is 5.91 Å². The van der Waals surface area contributed by atoms with E-state index in [2.05, 4.69) is 15.3 Å². The molecule has 4 rings (SSSR count). The minimum Gasteiger partial charge on any atom is -0.483 e. The maximum Gasteiger partial charge on any atom is 0.257 e. The van der Waals surface area contributed by atoms with E-state index in [0.29, 0.717) is 24.2 Å². The quantitative estimate of drug-likeness (QED) is 0.783. The Kier molecular flexibility index (Phi) is 5.74. The highest BCUT2D eigenvalue weighted by Crippen LogP contribution is 2.41. The Morgan fingerprint density at radius 3 is 2.77 bits per heavy atom. The van der Waals surface area contributed by atoms with E-state index < -0.39 is 5.82 Å². The Bertz CT molecular complexity index is 896. The normalized spacial score (nSPS) is 17.9. The number of halogens is 1. The number of nitrogens with one attached hydrogen (secondary N) is 1. The molecular weight excluding hydrogens is 387 g/mol. The average Bonchev–Trinajstić information content (AvgIpc) is 3.06. The second kappa shape index (κ2) is 8.45. The number of rotatable bonds is 6. The Morgan fingerprint density at radius 1 is 1.30 bits per heavy atom. The minimum absolute atomic E-state index is 0.0392. The number of nitrogens with zero attached hydrogens (tertiary/aromatic N) is 3. The lowest BCUT2D eigenvalue weighted by Gasteiger charge is -2.31. The summed E-state index contributed by atoms with van der Waals surface area (Å²) in [6, 6.07) is 5.79. The molecule has 0 atom stereocenters. The molecule has 0 bridgehead atoms. The van der Waals surface area contributed by atoms with E-state index >= 15 is 0 Å². The van der Waals surface area contributed by atoms with Crippen LogP contribution in [0.4, 0.5) is 10.3 Å². The standard InChI is InChI=1S/C22H27FN4O3/c1-22(2)10-16-4-3-5-18(20(16)30-22)29-14-19(28)24-11-15-6-8-27(9-7-15)21-25-12-17(23)13-26-21/h3-5,12-13,15H,6-11,14H2,1-2H3,(H,24,28). The number of carbonyl (C=O) groups excluding carboxylic acids is 1. The third-order valence-electron chi connectivity index (χ3n) is 5.51. The highest BCUT2D eigenvalue weighted by molar-refractivity contribution is 5.77. The van der Waals surface area contributed by atoms with Gasteiger partial charge < -0.3 is 19.7 Å². The van der Waals surface area contributed by atoms with Gasteiger partial charge in [-0.3, -0.25) is 4.79 Å². The van der Waals surface area contributed by atoms with Gasteiger partial charge in [0.2, 0.25) is 5.95 Å². The van der Waals surface area contributed by atoms with E-state index in [9.17, 15) is 9.18 Å². The fourth-order valence-corrected chi connectivity index (χ4v) is 3.96. The minimum atomic E-state index is -0.436. The van der Waals surface area contributed by atoms with Gasteiger partial charge >= 0.3 is 0 Å². The van der Waals surface area contributed by atoms with Crippen molar-refractivity contribution in [2.75, 3.05) is 31.1 Å². The lowest BCUT2D eigenvalue weighted by Crippen LogP contribution is -2.40. The topological polar surface area (TPSA) is 76.6 Å². The number of benzene rings is 1. The first-order valence-corrected chi connectivity index (χ1v) is 10.3. The van der Waals surface area contributed by atoms with E-state index in [-0.39, 0.29) is 18.1 Å². The summed E-state index contributed by atoms with van der Waals surface area (Å²) in [5.41, 5.74) is 0.854. The van der Waals surface area contributed by atoms with Crippen LogP contribution < -0.4 is 19.7 Å². The van der Waals surface area contributed by atoms with Gasteiger partial charge in [-0.1, -0.05) is 12.1 Å². The van der Waals surface area contributed by atoms with E-state index in [0.717, 1.165) is 43.7 Å². The van der Waals surface area contributed by atoms with Crippen LogP contribution in [-0.2, 0) is 11.2 Å². The second-order valence-electron chi connectivity index (χ2n) is 8.51. The van der Waals surface area contributed by atoms with Crippen LogP contribution in [0.15, 0.2) is 30.6 Å². The molecule has 3 heterocycles. The van der Waals surface area contributed by atoms with Crippen LogP contribution in [0, 0.1) is 11.7 Å². The monoisotopic (exact) mass is 414 g/mol. The Hall–Kier alpha value is -2.90. The van der Waals surface area contributed by atoms with Gasteiger partial charge in [-0.25, -0.2) is 14.4 Å². The van der Waals surface area contributed by atoms with Crippen molar-refractivity contribution in [2.45, 2.75) is 38.7 Å². The average molecular weight is 414 g/mol. The SMILES string of the molecule is CC1(C)Cc2cccc(OCC(=O)NCC3CCN(c4ncc(F)cn4)CC3)c2O1. The predicted octanol–water partition coefficient (Wildman–Crippen LogP) is 2.74. The van der Waals surface area contributed by atoms with Crippen LogP contribution in [0.25, 0.3) is 0 Å². The summed E-state index contributed by atoms with van der Waals surface area (Å²) in [7, 11) is 0. The largest absolute Gasteiger partial charge is 0.483 e. The van der Waals surface area contributed by atoms with Gasteiger partial charge in [-0.05, 0) is 38.7 Å². The first-order valence-electron chi connectivity index (χ1n) is 10.3. The molecule has 1 aromatic carbocycles. The predicted molar refractivity (Wildman–Crippen MR) is 110 cm³/mol. The zero-order valence-corrected chi connectivity index (χ0v) is 17.4. The zero-order valence-electron chi connectivity index (χ0n) is 17.4. The lowest BCUT2D eigenvalue weighted by molar-refractivity contribution is -0.123. The van der Waals surface area contributed by atoms with Crippen molar-refractivity contribution >= 4 is 11.9 Å². The summed E-state index contributed by atoms with van der Waals surface area (Å²) in [6.07, 6.45) is 5.02. The van der Waals surface area contributed by atoms with Gasteiger partial charge in [0, 0.05) is 31.6 Å². The third kappa shape index (κ3) is 4.80. The zero-order chi connectivity index (χ0) is 21.1. The Morgan fingerprint density at radius 2 is 2.03 bits per heavy atom. The second-order valence-corrected chi connectivity index (χ2v) is 8.51. The molecule has 2 aliphatic rings. The fraction of sp³-hybridized carbons (Fsp3) is 0.500. The molecule has 1 N–H and O–H groups in total. The van der Waals surface area contributed by atoms with Crippen LogP contribution in [-0.4, -0.2) is 47.7 Å². The van der Waals surface area contributed by atoms with Crippen LogP contribution in [0.1, 0.15) is 32.3 Å². The molecule has 0 spiro atoms. The summed E-state index contributed by atoms with van der Waals surface area (Å²) in [5.74, 6) is 1.71. The molecule has 0 unspecified atom stereocenters. The van der Waals surface area contributed by atoms with Crippen LogP contribution in [0.5, 0.6) is 11.5 Å². The highest BCUT2D eigenvalue weighted by Gasteiger charge is 2.32. The number of aromatic nitrogens is 2.